The number of rotatable bonds is 7. The first-order valence-electron chi connectivity index (χ1n) is 7.37. The number of benzene rings is 2. The van der Waals surface area contributed by atoms with Crippen LogP contribution in [0.5, 0.6) is 5.75 Å². The van der Waals surface area contributed by atoms with Crippen LogP contribution >= 0.6 is 11.6 Å². The largest absolute Gasteiger partial charge is 0.573 e. The van der Waals surface area contributed by atoms with E-state index in [0.29, 0.717) is 5.56 Å². The highest BCUT2D eigenvalue weighted by atomic mass is 35.5. The third kappa shape index (κ3) is 7.39. The summed E-state index contributed by atoms with van der Waals surface area (Å²) in [6.45, 7) is 0. The standard InChI is InChI=1S/C16H15ClF3NO4S2/c1-26(22)9-12-4-7-14(17)15(8-12)21-27(23,24)10-11-2-5-13(6-3-11)25-16(18,19)20/h2-8,21H,9-10H2,1H3. The number of hydrogen-bond acceptors (Lipinski definition) is 4. The first-order valence-corrected chi connectivity index (χ1v) is 11.1. The second-order valence-electron chi connectivity index (χ2n) is 5.58. The molecule has 2 aromatic rings. The quantitative estimate of drug-likeness (QED) is 0.703. The number of nitrogens with one attached hydrogen (secondary N) is 1. The highest BCUT2D eigenvalue weighted by molar-refractivity contribution is 7.91. The van der Waals surface area contributed by atoms with Gasteiger partial charge in [-0.3, -0.25) is 8.93 Å². The van der Waals surface area contributed by atoms with Crippen LogP contribution in [-0.4, -0.2) is 25.2 Å². The summed E-state index contributed by atoms with van der Waals surface area (Å²) in [5, 5.41) is 0.165. The lowest BCUT2D eigenvalue weighted by Gasteiger charge is -2.12. The van der Waals surface area contributed by atoms with Crippen molar-refractivity contribution in [2.45, 2.75) is 17.9 Å². The van der Waals surface area contributed by atoms with Crippen molar-refractivity contribution in [1.82, 2.24) is 0 Å². The molecule has 0 radical (unpaired) electrons. The zero-order chi connectivity index (χ0) is 20.2. The van der Waals surface area contributed by atoms with Gasteiger partial charge in [-0.15, -0.1) is 13.2 Å². The van der Waals surface area contributed by atoms with E-state index in [-0.39, 0.29) is 22.0 Å². The van der Waals surface area contributed by atoms with E-state index in [1.54, 1.807) is 6.07 Å². The summed E-state index contributed by atoms with van der Waals surface area (Å²) in [5.41, 5.74) is 1.04. The van der Waals surface area contributed by atoms with E-state index < -0.39 is 38.7 Å². The number of alkyl halides is 3. The molecule has 1 N–H and O–H groups in total. The minimum absolute atomic E-state index is 0.136. The second-order valence-corrected chi connectivity index (χ2v) is 9.15. The van der Waals surface area contributed by atoms with Crippen LogP contribution in [0.25, 0.3) is 0 Å². The maximum absolute atomic E-state index is 12.3. The summed E-state index contributed by atoms with van der Waals surface area (Å²) in [6, 6.07) is 9.12. The fraction of sp³-hybridized carbons (Fsp3) is 0.250. The van der Waals surface area contributed by atoms with Crippen molar-refractivity contribution in [3.63, 3.8) is 0 Å². The Balaban J connectivity index is 2.12. The molecule has 0 saturated heterocycles. The van der Waals surface area contributed by atoms with E-state index in [1.165, 1.54) is 30.5 Å². The molecule has 0 spiro atoms. The van der Waals surface area contributed by atoms with Crippen molar-refractivity contribution in [3.05, 3.63) is 58.6 Å². The molecule has 0 heterocycles. The van der Waals surface area contributed by atoms with E-state index in [1.807, 2.05) is 0 Å². The molecule has 5 nitrogen and oxygen atoms in total. The molecule has 27 heavy (non-hydrogen) atoms. The summed E-state index contributed by atoms with van der Waals surface area (Å²) in [6.07, 6.45) is -3.30. The summed E-state index contributed by atoms with van der Waals surface area (Å²) < 4.78 is 78.5. The fourth-order valence-corrected chi connectivity index (χ4v) is 4.26. The molecular formula is C16H15ClF3NO4S2. The summed E-state index contributed by atoms with van der Waals surface area (Å²) in [5.74, 6) is -0.675. The predicted molar refractivity (Wildman–Crippen MR) is 98.6 cm³/mol. The molecule has 1 unspecified atom stereocenters. The van der Waals surface area contributed by atoms with E-state index >= 15 is 0 Å². The van der Waals surface area contributed by atoms with Crippen LogP contribution in [0.15, 0.2) is 42.5 Å². The number of ether oxygens (including phenoxy) is 1. The second kappa shape index (κ2) is 8.49. The smallest absolute Gasteiger partial charge is 0.406 e. The van der Waals surface area contributed by atoms with Gasteiger partial charge in [0.1, 0.15) is 5.75 Å². The molecule has 0 fully saturated rings. The number of halogens is 4. The van der Waals surface area contributed by atoms with Gasteiger partial charge in [0.2, 0.25) is 10.0 Å². The van der Waals surface area contributed by atoms with Crippen LogP contribution in [0.4, 0.5) is 18.9 Å². The van der Waals surface area contributed by atoms with Crippen LogP contribution in [0.2, 0.25) is 5.02 Å². The molecule has 11 heteroatoms. The Bertz CT molecular complexity index is 932. The maximum Gasteiger partial charge on any atom is 0.573 e. The van der Waals surface area contributed by atoms with E-state index in [4.69, 9.17) is 11.6 Å². The van der Waals surface area contributed by atoms with Crippen molar-refractivity contribution in [3.8, 4) is 5.75 Å². The van der Waals surface area contributed by atoms with Crippen LogP contribution in [-0.2, 0) is 32.3 Å². The summed E-state index contributed by atoms with van der Waals surface area (Å²) >= 11 is 6.00. The minimum Gasteiger partial charge on any atom is -0.406 e. The number of hydrogen-bond donors (Lipinski definition) is 1. The number of anilines is 1. The molecule has 0 aromatic heterocycles. The Morgan fingerprint density at radius 2 is 1.70 bits per heavy atom. The van der Waals surface area contributed by atoms with Gasteiger partial charge >= 0.3 is 6.36 Å². The van der Waals surface area contributed by atoms with Gasteiger partial charge in [0.25, 0.3) is 0 Å². The summed E-state index contributed by atoms with van der Waals surface area (Å²) in [7, 11) is -4.98. The maximum atomic E-state index is 12.3. The molecule has 0 aliphatic carbocycles. The Labute approximate surface area is 162 Å². The predicted octanol–water partition coefficient (Wildman–Crippen LogP) is 4.06. The molecule has 0 aliphatic heterocycles. The molecule has 0 amide bonds. The van der Waals surface area contributed by atoms with Crippen molar-refractivity contribution in [2.75, 3.05) is 11.0 Å². The third-order valence-corrected chi connectivity index (χ3v) is 5.49. The molecule has 0 aliphatic rings. The molecule has 0 bridgehead atoms. The van der Waals surface area contributed by atoms with Gasteiger partial charge in [0.05, 0.1) is 16.5 Å². The van der Waals surface area contributed by atoms with Crippen LogP contribution < -0.4 is 9.46 Å². The number of sulfonamides is 1. The van der Waals surface area contributed by atoms with Crippen molar-refractivity contribution < 1.29 is 30.5 Å². The average Bonchev–Trinajstić information content (AvgIpc) is 2.50. The molecule has 2 aromatic carbocycles. The lowest BCUT2D eigenvalue weighted by atomic mass is 10.2. The van der Waals surface area contributed by atoms with Crippen molar-refractivity contribution in [1.29, 1.82) is 0 Å². The lowest BCUT2D eigenvalue weighted by molar-refractivity contribution is -0.274. The Hall–Kier alpha value is -1.78. The highest BCUT2D eigenvalue weighted by Crippen LogP contribution is 2.26. The first-order chi connectivity index (χ1) is 12.4. The topological polar surface area (TPSA) is 72.5 Å². The third-order valence-electron chi connectivity index (χ3n) is 3.18. The van der Waals surface area contributed by atoms with E-state index in [2.05, 4.69) is 9.46 Å². The lowest BCUT2D eigenvalue weighted by Crippen LogP contribution is -2.17. The molecular weight excluding hydrogens is 427 g/mol. The van der Waals surface area contributed by atoms with Gasteiger partial charge in [0, 0.05) is 22.8 Å². The normalized spacial score (nSPS) is 13.2. The Morgan fingerprint density at radius 3 is 2.26 bits per heavy atom. The zero-order valence-electron chi connectivity index (χ0n) is 13.9. The van der Waals surface area contributed by atoms with E-state index in [9.17, 15) is 25.8 Å². The Morgan fingerprint density at radius 1 is 1.11 bits per heavy atom. The molecule has 2 rings (SSSR count). The van der Waals surface area contributed by atoms with Crippen LogP contribution in [0.1, 0.15) is 11.1 Å². The first kappa shape index (κ1) is 21.5. The van der Waals surface area contributed by atoms with Gasteiger partial charge in [0.15, 0.2) is 0 Å². The Kier molecular flexibility index (Phi) is 6.77. The van der Waals surface area contributed by atoms with E-state index in [0.717, 1.165) is 12.1 Å². The average molecular weight is 442 g/mol. The fourth-order valence-electron chi connectivity index (χ4n) is 2.19. The minimum atomic E-state index is -4.82. The SMILES string of the molecule is CS(=O)Cc1ccc(Cl)c(NS(=O)(=O)Cc2ccc(OC(F)(F)F)cc2)c1. The molecule has 1 atom stereocenters. The highest BCUT2D eigenvalue weighted by Gasteiger charge is 2.31. The van der Waals surface area contributed by atoms with Crippen LogP contribution in [0.3, 0.4) is 0 Å². The molecule has 148 valence electrons. The van der Waals surface area contributed by atoms with Gasteiger partial charge in [-0.25, -0.2) is 8.42 Å². The van der Waals surface area contributed by atoms with Gasteiger partial charge in [-0.2, -0.15) is 0 Å². The van der Waals surface area contributed by atoms with Gasteiger partial charge in [-0.1, -0.05) is 29.8 Å². The zero-order valence-corrected chi connectivity index (χ0v) is 16.3. The monoisotopic (exact) mass is 441 g/mol. The van der Waals surface area contributed by atoms with Crippen molar-refractivity contribution >= 4 is 38.1 Å². The van der Waals surface area contributed by atoms with Gasteiger partial charge < -0.3 is 4.74 Å². The van der Waals surface area contributed by atoms with Crippen molar-refractivity contribution in [2.24, 2.45) is 0 Å². The molecule has 0 saturated carbocycles. The van der Waals surface area contributed by atoms with Crippen LogP contribution in [0, 0.1) is 0 Å². The van der Waals surface area contributed by atoms with Gasteiger partial charge in [-0.05, 0) is 35.4 Å². The summed E-state index contributed by atoms with van der Waals surface area (Å²) in [4.78, 5) is 0.